The van der Waals surface area contributed by atoms with Gasteiger partial charge in [0.05, 0.1) is 22.1 Å². The Bertz CT molecular complexity index is 3290. The molecule has 0 aliphatic carbocycles. The Labute approximate surface area is 307 Å². The summed E-state index contributed by atoms with van der Waals surface area (Å²) in [6, 6.07) is 60.9. The molecule has 0 amide bonds. The normalized spacial score (nSPS) is 12.1. The predicted molar refractivity (Wildman–Crippen MR) is 227 cm³/mol. The maximum absolute atomic E-state index is 2.50. The highest BCUT2D eigenvalue weighted by molar-refractivity contribution is 6.23. The molecule has 2 aromatic heterocycles. The summed E-state index contributed by atoms with van der Waals surface area (Å²) in [5, 5.41) is 12.8. The Morgan fingerprint density at radius 3 is 1.55 bits per heavy atom. The summed E-state index contributed by atoms with van der Waals surface area (Å²) < 4.78 is 4.93. The van der Waals surface area contributed by atoms with Crippen LogP contribution in [-0.4, -0.2) is 9.13 Å². The van der Waals surface area contributed by atoms with Crippen molar-refractivity contribution in [1.29, 1.82) is 0 Å². The van der Waals surface area contributed by atoms with Gasteiger partial charge in [0.25, 0.3) is 0 Å². The van der Waals surface area contributed by atoms with Crippen molar-refractivity contribution in [2.45, 2.75) is 20.8 Å². The molecule has 2 heterocycles. The molecule has 0 spiro atoms. The summed E-state index contributed by atoms with van der Waals surface area (Å²) >= 11 is 0. The van der Waals surface area contributed by atoms with Crippen LogP contribution in [0.3, 0.4) is 0 Å². The third-order valence-electron chi connectivity index (χ3n) is 11.5. The van der Waals surface area contributed by atoms with Crippen molar-refractivity contribution in [2.24, 2.45) is 0 Å². The van der Waals surface area contributed by atoms with Crippen LogP contribution in [0, 0.1) is 20.8 Å². The molecule has 0 saturated carbocycles. The van der Waals surface area contributed by atoms with Crippen LogP contribution in [0.2, 0.25) is 0 Å². The van der Waals surface area contributed by atoms with Crippen molar-refractivity contribution < 1.29 is 0 Å². The molecule has 0 aliphatic rings. The third kappa shape index (κ3) is 4.33. The average Bonchev–Trinajstić information content (AvgIpc) is 3.68. The third-order valence-corrected chi connectivity index (χ3v) is 11.5. The molecule has 0 radical (unpaired) electrons. The Morgan fingerprint density at radius 1 is 0.340 bits per heavy atom. The van der Waals surface area contributed by atoms with Gasteiger partial charge in [-0.1, -0.05) is 114 Å². The van der Waals surface area contributed by atoms with E-state index < -0.39 is 0 Å². The molecule has 11 aromatic rings. The zero-order chi connectivity index (χ0) is 35.4. The van der Waals surface area contributed by atoms with E-state index in [0.29, 0.717) is 0 Å². The van der Waals surface area contributed by atoms with E-state index in [1.807, 2.05) is 0 Å². The van der Waals surface area contributed by atoms with E-state index in [-0.39, 0.29) is 0 Å². The van der Waals surface area contributed by atoms with E-state index in [2.05, 4.69) is 194 Å². The minimum Gasteiger partial charge on any atom is -0.309 e. The van der Waals surface area contributed by atoms with Gasteiger partial charge in [0.2, 0.25) is 0 Å². The van der Waals surface area contributed by atoms with Gasteiger partial charge < -0.3 is 9.13 Å². The van der Waals surface area contributed by atoms with Crippen LogP contribution in [-0.2, 0) is 0 Å². The van der Waals surface area contributed by atoms with Crippen LogP contribution >= 0.6 is 0 Å². The van der Waals surface area contributed by atoms with E-state index in [9.17, 15) is 0 Å². The maximum atomic E-state index is 2.50. The highest BCUT2D eigenvalue weighted by Crippen LogP contribution is 2.44. The fourth-order valence-electron chi connectivity index (χ4n) is 9.18. The van der Waals surface area contributed by atoms with Gasteiger partial charge in [-0.15, -0.1) is 0 Å². The fourth-order valence-corrected chi connectivity index (χ4v) is 9.18. The Morgan fingerprint density at radius 2 is 0.887 bits per heavy atom. The molecule has 0 bridgehead atoms. The van der Waals surface area contributed by atoms with Crippen molar-refractivity contribution >= 4 is 75.9 Å². The summed E-state index contributed by atoms with van der Waals surface area (Å²) in [5.74, 6) is 0. The van der Waals surface area contributed by atoms with Crippen molar-refractivity contribution in [1.82, 2.24) is 9.13 Å². The highest BCUT2D eigenvalue weighted by atomic mass is 15.0. The summed E-state index contributed by atoms with van der Waals surface area (Å²) in [6.07, 6.45) is 0. The van der Waals surface area contributed by atoms with E-state index in [1.54, 1.807) is 0 Å². The average molecular weight is 677 g/mol. The second-order valence-corrected chi connectivity index (χ2v) is 14.7. The predicted octanol–water partition coefficient (Wildman–Crippen LogP) is 13.9. The molecule has 0 fully saturated rings. The minimum absolute atomic E-state index is 1.17. The Hall–Kier alpha value is -6.64. The van der Waals surface area contributed by atoms with Crippen LogP contribution in [0.1, 0.15) is 16.7 Å². The van der Waals surface area contributed by atoms with E-state index >= 15 is 0 Å². The molecule has 2 heteroatoms. The van der Waals surface area contributed by atoms with Crippen LogP contribution < -0.4 is 0 Å². The molecule has 2 nitrogen and oxygen atoms in total. The minimum atomic E-state index is 1.17. The number of nitrogens with zero attached hydrogens (tertiary/aromatic N) is 2. The molecular weight excluding hydrogens is 641 g/mol. The highest BCUT2D eigenvalue weighted by Gasteiger charge is 2.20. The van der Waals surface area contributed by atoms with Gasteiger partial charge in [-0.3, -0.25) is 0 Å². The number of benzene rings is 9. The quantitative estimate of drug-likeness (QED) is 0.130. The molecule has 0 N–H and O–H groups in total. The van der Waals surface area contributed by atoms with Crippen molar-refractivity contribution in [3.05, 3.63) is 180 Å². The van der Waals surface area contributed by atoms with E-state index in [4.69, 9.17) is 0 Å². The topological polar surface area (TPSA) is 9.86 Å². The fraction of sp³-hybridized carbons (Fsp3) is 0.0588. The van der Waals surface area contributed by atoms with Crippen molar-refractivity contribution in [3.63, 3.8) is 0 Å². The Balaban J connectivity index is 1.26. The molecular formula is C51H36N2. The van der Waals surface area contributed by atoms with Gasteiger partial charge in [0.15, 0.2) is 0 Å². The van der Waals surface area contributed by atoms with E-state index in [1.165, 1.54) is 115 Å². The lowest BCUT2D eigenvalue weighted by molar-refractivity contribution is 1.18. The first-order valence-corrected chi connectivity index (χ1v) is 18.5. The molecule has 0 atom stereocenters. The summed E-state index contributed by atoms with van der Waals surface area (Å²) in [5.41, 5.74) is 13.6. The molecule has 53 heavy (non-hydrogen) atoms. The molecule has 0 aliphatic heterocycles. The van der Waals surface area contributed by atoms with Gasteiger partial charge in [0.1, 0.15) is 0 Å². The number of rotatable bonds is 3. The number of hydrogen-bond acceptors (Lipinski definition) is 0. The number of fused-ring (bicyclic) bond motifs is 10. The van der Waals surface area contributed by atoms with Crippen LogP contribution in [0.5, 0.6) is 0 Å². The van der Waals surface area contributed by atoms with Crippen LogP contribution in [0.25, 0.3) is 98.4 Å². The van der Waals surface area contributed by atoms with Gasteiger partial charge >= 0.3 is 0 Å². The number of para-hydroxylation sites is 1. The molecule has 11 rings (SSSR count). The number of aromatic nitrogens is 2. The maximum Gasteiger partial charge on any atom is 0.0548 e. The SMILES string of the molecule is Cc1ccc2c(c1)c1cc3c(cc1n2-c1ccccc1)c1cc(C)ccc1n3-c1ccc2ccc3c(-c4ccccc4)c4ccccc4c(C)c3c2c1. The zero-order valence-corrected chi connectivity index (χ0v) is 30.0. The zero-order valence-electron chi connectivity index (χ0n) is 30.0. The van der Waals surface area contributed by atoms with Gasteiger partial charge in [-0.2, -0.15) is 0 Å². The van der Waals surface area contributed by atoms with Gasteiger partial charge in [-0.25, -0.2) is 0 Å². The molecule has 9 aromatic carbocycles. The monoisotopic (exact) mass is 676 g/mol. The van der Waals surface area contributed by atoms with Crippen LogP contribution in [0.4, 0.5) is 0 Å². The molecule has 250 valence electrons. The van der Waals surface area contributed by atoms with Gasteiger partial charge in [-0.05, 0) is 130 Å². The first-order chi connectivity index (χ1) is 26.0. The lowest BCUT2D eigenvalue weighted by Crippen LogP contribution is -1.96. The van der Waals surface area contributed by atoms with Gasteiger partial charge in [0, 0.05) is 32.9 Å². The molecule has 0 saturated heterocycles. The summed E-state index contributed by atoms with van der Waals surface area (Å²) in [6.45, 7) is 6.69. The Kier molecular flexibility index (Phi) is 6.33. The lowest BCUT2D eigenvalue weighted by Gasteiger charge is -2.18. The number of aryl methyl sites for hydroxylation is 3. The molecule has 0 unspecified atom stereocenters. The van der Waals surface area contributed by atoms with Crippen molar-refractivity contribution in [3.8, 4) is 22.5 Å². The second-order valence-electron chi connectivity index (χ2n) is 14.7. The van der Waals surface area contributed by atoms with E-state index in [0.717, 1.165) is 0 Å². The standard InChI is InChI=1S/C51H36N2/c1-31-18-24-46-42(26-31)44-30-49-45(29-48(44)52(46)36-14-8-5-9-15-36)43-27-32(2)19-25-47(43)53(49)37-22-20-34-21-23-40-50(41(34)28-37)33(3)38-16-10-11-17-39(38)51(40)35-12-6-4-7-13-35/h4-30H,1-3H3. The smallest absolute Gasteiger partial charge is 0.0548 e. The largest absolute Gasteiger partial charge is 0.309 e. The first kappa shape index (κ1) is 30.0. The second kappa shape index (κ2) is 11.2. The summed E-state index contributed by atoms with van der Waals surface area (Å²) in [7, 11) is 0. The van der Waals surface area contributed by atoms with Crippen LogP contribution in [0.15, 0.2) is 164 Å². The first-order valence-electron chi connectivity index (χ1n) is 18.5. The summed E-state index contributed by atoms with van der Waals surface area (Å²) in [4.78, 5) is 0. The number of hydrogen-bond donors (Lipinski definition) is 0. The van der Waals surface area contributed by atoms with Crippen molar-refractivity contribution in [2.75, 3.05) is 0 Å². The lowest BCUT2D eigenvalue weighted by atomic mass is 9.86.